The molecule has 4 nitrogen and oxygen atoms in total. The van der Waals surface area contributed by atoms with Gasteiger partial charge in [0, 0.05) is 39.0 Å². The maximum absolute atomic E-state index is 9.10. The molecule has 0 fully saturated rings. The predicted octanol–water partition coefficient (Wildman–Crippen LogP) is 9.28. The van der Waals surface area contributed by atoms with Crippen LogP contribution in [0.25, 0.3) is 71.7 Å². The third-order valence-electron chi connectivity index (χ3n) is 7.69. The van der Waals surface area contributed by atoms with E-state index >= 15 is 0 Å². The number of pyridine rings is 1. The minimum absolute atomic E-state index is 0.416. The molecule has 186 valence electrons. The monoisotopic (exact) mass is 511 g/mol. The molecule has 0 aliphatic heterocycles. The molecule has 0 saturated carbocycles. The van der Waals surface area contributed by atoms with Gasteiger partial charge in [-0.05, 0) is 71.3 Å². The van der Waals surface area contributed by atoms with Gasteiger partial charge in [0.25, 0.3) is 0 Å². The molecule has 3 aromatic heterocycles. The average molecular weight is 512 g/mol. The Morgan fingerprint density at radius 1 is 0.575 bits per heavy atom. The Morgan fingerprint density at radius 2 is 1.32 bits per heavy atom. The quantitative estimate of drug-likeness (QED) is 0.237. The average Bonchev–Trinajstić information content (AvgIpc) is 3.57. The summed E-state index contributed by atoms with van der Waals surface area (Å²) in [7, 11) is 0. The van der Waals surface area contributed by atoms with Crippen molar-refractivity contribution >= 4 is 43.7 Å². The maximum Gasteiger partial charge on any atom is 0.140 e. The molecule has 3 heterocycles. The van der Waals surface area contributed by atoms with E-state index in [1.54, 1.807) is 12.3 Å². The number of nitriles is 1. The van der Waals surface area contributed by atoms with Gasteiger partial charge < -0.3 is 8.98 Å². The van der Waals surface area contributed by atoms with Gasteiger partial charge in [-0.15, -0.1) is 0 Å². The van der Waals surface area contributed by atoms with E-state index in [0.29, 0.717) is 5.69 Å². The Labute approximate surface area is 230 Å². The van der Waals surface area contributed by atoms with E-state index in [1.807, 2.05) is 18.2 Å². The highest BCUT2D eigenvalue weighted by atomic mass is 16.3. The van der Waals surface area contributed by atoms with Gasteiger partial charge >= 0.3 is 0 Å². The van der Waals surface area contributed by atoms with Gasteiger partial charge in [0.15, 0.2) is 0 Å². The van der Waals surface area contributed by atoms with Crippen molar-refractivity contribution in [3.05, 3.63) is 133 Å². The fourth-order valence-corrected chi connectivity index (χ4v) is 5.89. The second-order valence-corrected chi connectivity index (χ2v) is 9.96. The first-order valence-corrected chi connectivity index (χ1v) is 13.2. The molecule has 0 aliphatic rings. The van der Waals surface area contributed by atoms with Crippen molar-refractivity contribution in [3.63, 3.8) is 0 Å². The number of para-hydroxylation sites is 2. The highest BCUT2D eigenvalue weighted by Gasteiger charge is 2.18. The van der Waals surface area contributed by atoms with Gasteiger partial charge in [0.1, 0.15) is 22.9 Å². The lowest BCUT2D eigenvalue weighted by Gasteiger charge is -2.11. The lowest BCUT2D eigenvalue weighted by atomic mass is 9.99. The Hall–Kier alpha value is -5.66. The molecule has 4 heteroatoms. The molecule has 0 aliphatic carbocycles. The second kappa shape index (κ2) is 8.69. The maximum atomic E-state index is 9.10. The summed E-state index contributed by atoms with van der Waals surface area (Å²) in [5.41, 5.74) is 9.91. The van der Waals surface area contributed by atoms with Crippen LogP contribution in [0.3, 0.4) is 0 Å². The Balaban J connectivity index is 1.33. The lowest BCUT2D eigenvalue weighted by molar-refractivity contribution is 0.669. The second-order valence-electron chi connectivity index (χ2n) is 9.96. The van der Waals surface area contributed by atoms with E-state index in [-0.39, 0.29) is 0 Å². The summed E-state index contributed by atoms with van der Waals surface area (Å²) in [6, 6.07) is 44.0. The highest BCUT2D eigenvalue weighted by Crippen LogP contribution is 2.41. The smallest absolute Gasteiger partial charge is 0.140 e. The standard InChI is InChI=1S/C36H21N3O/c37-21-27-16-15-26(22-38-27)24-8-5-7-23(19-24)25-9-6-10-28(20-25)39-31-13-3-1-11-29(31)35-32(39)17-18-34-36(35)30-12-2-4-14-33(30)40-34/h1-20,22H. The van der Waals surface area contributed by atoms with Crippen molar-refractivity contribution in [2.45, 2.75) is 0 Å². The van der Waals surface area contributed by atoms with Crippen molar-refractivity contribution in [1.29, 1.82) is 5.26 Å². The van der Waals surface area contributed by atoms with Crippen LogP contribution in [0.4, 0.5) is 0 Å². The molecule has 8 aromatic rings. The van der Waals surface area contributed by atoms with Gasteiger partial charge in [0.05, 0.1) is 11.0 Å². The van der Waals surface area contributed by atoms with Crippen molar-refractivity contribution in [2.24, 2.45) is 0 Å². The Bertz CT molecular complexity index is 2280. The Kier molecular flexibility index (Phi) is 4.85. The molecule has 40 heavy (non-hydrogen) atoms. The summed E-state index contributed by atoms with van der Waals surface area (Å²) < 4.78 is 8.58. The molecule has 0 atom stereocenters. The summed E-state index contributed by atoms with van der Waals surface area (Å²) in [5, 5.41) is 13.8. The zero-order chi connectivity index (χ0) is 26.6. The molecule has 0 radical (unpaired) electrons. The van der Waals surface area contributed by atoms with Gasteiger partial charge in [-0.25, -0.2) is 4.98 Å². The molecular weight excluding hydrogens is 490 g/mol. The van der Waals surface area contributed by atoms with Crippen LogP contribution < -0.4 is 0 Å². The zero-order valence-corrected chi connectivity index (χ0v) is 21.4. The van der Waals surface area contributed by atoms with Crippen LogP contribution >= 0.6 is 0 Å². The first kappa shape index (κ1) is 22.3. The van der Waals surface area contributed by atoms with E-state index in [2.05, 4.69) is 113 Å². The zero-order valence-electron chi connectivity index (χ0n) is 21.4. The summed E-state index contributed by atoms with van der Waals surface area (Å²) in [6.45, 7) is 0. The van der Waals surface area contributed by atoms with Crippen molar-refractivity contribution in [2.75, 3.05) is 0 Å². The lowest BCUT2D eigenvalue weighted by Crippen LogP contribution is -1.94. The number of hydrogen-bond donors (Lipinski definition) is 0. The normalized spacial score (nSPS) is 11.5. The molecule has 8 rings (SSSR count). The molecule has 5 aromatic carbocycles. The fraction of sp³-hybridized carbons (Fsp3) is 0. The summed E-state index contributed by atoms with van der Waals surface area (Å²) in [5.74, 6) is 0. The molecular formula is C36H21N3O. The van der Waals surface area contributed by atoms with Gasteiger partial charge in [-0.2, -0.15) is 5.26 Å². The fourth-order valence-electron chi connectivity index (χ4n) is 5.89. The molecule has 0 amide bonds. The number of benzene rings is 5. The van der Waals surface area contributed by atoms with Crippen LogP contribution in [-0.2, 0) is 0 Å². The van der Waals surface area contributed by atoms with Crippen molar-refractivity contribution in [1.82, 2.24) is 9.55 Å². The van der Waals surface area contributed by atoms with E-state index < -0.39 is 0 Å². The van der Waals surface area contributed by atoms with E-state index in [1.165, 1.54) is 10.8 Å². The van der Waals surface area contributed by atoms with Crippen LogP contribution in [0.2, 0.25) is 0 Å². The van der Waals surface area contributed by atoms with E-state index in [0.717, 1.165) is 60.9 Å². The van der Waals surface area contributed by atoms with Crippen molar-refractivity contribution in [3.8, 4) is 34.0 Å². The van der Waals surface area contributed by atoms with Gasteiger partial charge in [0.2, 0.25) is 0 Å². The van der Waals surface area contributed by atoms with Crippen LogP contribution in [0, 0.1) is 11.3 Å². The number of rotatable bonds is 3. The molecule has 0 saturated heterocycles. The van der Waals surface area contributed by atoms with E-state index in [9.17, 15) is 0 Å². The SMILES string of the molecule is N#Cc1ccc(-c2cccc(-c3cccc(-n4c5ccccc5c5c6c(ccc54)oc4ccccc46)c3)c2)cn1. The topological polar surface area (TPSA) is 54.8 Å². The molecule has 0 spiro atoms. The summed E-state index contributed by atoms with van der Waals surface area (Å²) >= 11 is 0. The third kappa shape index (κ3) is 3.35. The third-order valence-corrected chi connectivity index (χ3v) is 7.69. The van der Waals surface area contributed by atoms with Gasteiger partial charge in [-0.3, -0.25) is 0 Å². The number of fused-ring (bicyclic) bond motifs is 7. The summed E-state index contributed by atoms with van der Waals surface area (Å²) in [6.07, 6.45) is 1.76. The van der Waals surface area contributed by atoms with Crippen LogP contribution in [-0.4, -0.2) is 9.55 Å². The Morgan fingerprint density at radius 3 is 2.15 bits per heavy atom. The first-order chi connectivity index (χ1) is 19.8. The number of aromatic nitrogens is 2. The largest absolute Gasteiger partial charge is 0.456 e. The van der Waals surface area contributed by atoms with Crippen LogP contribution in [0.1, 0.15) is 5.69 Å². The number of furan rings is 1. The molecule has 0 unspecified atom stereocenters. The number of nitrogens with zero attached hydrogens (tertiary/aromatic N) is 3. The molecule has 0 N–H and O–H groups in total. The minimum Gasteiger partial charge on any atom is -0.456 e. The predicted molar refractivity (Wildman–Crippen MR) is 161 cm³/mol. The minimum atomic E-state index is 0.416. The van der Waals surface area contributed by atoms with E-state index in [4.69, 9.17) is 9.68 Å². The van der Waals surface area contributed by atoms with Crippen LogP contribution in [0.5, 0.6) is 0 Å². The highest BCUT2D eigenvalue weighted by molar-refractivity contribution is 6.27. The van der Waals surface area contributed by atoms with Crippen molar-refractivity contribution < 1.29 is 4.42 Å². The first-order valence-electron chi connectivity index (χ1n) is 13.2. The summed E-state index contributed by atoms with van der Waals surface area (Å²) in [4.78, 5) is 4.25. The van der Waals surface area contributed by atoms with Gasteiger partial charge in [-0.1, -0.05) is 66.7 Å². The number of hydrogen-bond acceptors (Lipinski definition) is 3. The van der Waals surface area contributed by atoms with Crippen LogP contribution in [0.15, 0.2) is 132 Å². The molecule has 0 bridgehead atoms.